The number of nitrogens with one attached hydrogen (secondary N) is 1. The van der Waals surface area contributed by atoms with Gasteiger partial charge in [0.15, 0.2) is 11.5 Å². The average Bonchev–Trinajstić information content (AvgIpc) is 3.28. The molecule has 0 spiro atoms. The Morgan fingerprint density at radius 1 is 0.971 bits per heavy atom. The van der Waals surface area contributed by atoms with Gasteiger partial charge in [0.25, 0.3) is 10.0 Å². The molecule has 34 heavy (non-hydrogen) atoms. The number of methoxy groups -OCH3 is 2. The molecule has 174 valence electrons. The smallest absolute Gasteiger partial charge is 0.276 e. The highest BCUT2D eigenvalue weighted by Gasteiger charge is 2.15. The van der Waals surface area contributed by atoms with Crippen molar-refractivity contribution in [2.75, 3.05) is 14.2 Å². The maximum Gasteiger partial charge on any atom is 0.276 e. The summed E-state index contributed by atoms with van der Waals surface area (Å²) >= 11 is 3.30. The molecule has 4 aromatic rings. The Hall–Kier alpha value is -3.63. The van der Waals surface area contributed by atoms with E-state index in [1.807, 2.05) is 36.4 Å². The molecule has 0 atom stereocenters. The Balaban J connectivity index is 1.71. The van der Waals surface area contributed by atoms with Crippen molar-refractivity contribution >= 4 is 32.2 Å². The van der Waals surface area contributed by atoms with E-state index in [1.165, 1.54) is 18.3 Å². The van der Waals surface area contributed by atoms with Crippen molar-refractivity contribution in [3.63, 3.8) is 0 Å². The molecule has 1 heterocycles. The number of nitrogens with zero attached hydrogens (tertiary/aromatic N) is 3. The van der Waals surface area contributed by atoms with Crippen LogP contribution in [0.5, 0.6) is 11.5 Å². The predicted molar refractivity (Wildman–Crippen MR) is 134 cm³/mol. The van der Waals surface area contributed by atoms with Gasteiger partial charge in [0.1, 0.15) is 5.69 Å². The summed E-state index contributed by atoms with van der Waals surface area (Å²) in [7, 11) is -0.696. The first kappa shape index (κ1) is 23.5. The highest BCUT2D eigenvalue weighted by Crippen LogP contribution is 2.33. The molecule has 0 unspecified atom stereocenters. The number of hydrogen-bond donors (Lipinski definition) is 1. The molecule has 0 saturated carbocycles. The van der Waals surface area contributed by atoms with Crippen LogP contribution in [0.4, 0.5) is 0 Å². The number of halogens is 1. The first-order valence-electron chi connectivity index (χ1n) is 10.1. The van der Waals surface area contributed by atoms with Gasteiger partial charge in [-0.15, -0.1) is 0 Å². The van der Waals surface area contributed by atoms with Crippen molar-refractivity contribution in [3.8, 4) is 28.4 Å². The Bertz CT molecular complexity index is 1420. The minimum atomic E-state index is -3.82. The fourth-order valence-corrected chi connectivity index (χ4v) is 4.29. The van der Waals surface area contributed by atoms with Gasteiger partial charge >= 0.3 is 0 Å². The lowest BCUT2D eigenvalue weighted by Gasteiger charge is -2.09. The molecule has 4 rings (SSSR count). The van der Waals surface area contributed by atoms with Gasteiger partial charge in [-0.3, -0.25) is 0 Å². The van der Waals surface area contributed by atoms with E-state index in [1.54, 1.807) is 49.4 Å². The van der Waals surface area contributed by atoms with E-state index < -0.39 is 10.0 Å². The van der Waals surface area contributed by atoms with E-state index in [0.717, 1.165) is 15.7 Å². The van der Waals surface area contributed by atoms with Crippen LogP contribution in [-0.4, -0.2) is 38.6 Å². The van der Waals surface area contributed by atoms with Gasteiger partial charge in [-0.05, 0) is 54.6 Å². The number of hydrogen-bond acceptors (Lipinski definition) is 6. The van der Waals surface area contributed by atoms with Crippen molar-refractivity contribution in [2.24, 2.45) is 5.10 Å². The van der Waals surface area contributed by atoms with Gasteiger partial charge in [-0.2, -0.15) is 18.6 Å². The van der Waals surface area contributed by atoms with Gasteiger partial charge in [0, 0.05) is 21.8 Å². The predicted octanol–water partition coefficient (Wildman–Crippen LogP) is 4.63. The zero-order chi connectivity index (χ0) is 24.1. The number of rotatable bonds is 8. The summed E-state index contributed by atoms with van der Waals surface area (Å²) in [5.41, 5.74) is 2.80. The Kier molecular flexibility index (Phi) is 6.99. The summed E-state index contributed by atoms with van der Waals surface area (Å²) in [6.07, 6.45) is 3.20. The number of ether oxygens (including phenoxy) is 2. The van der Waals surface area contributed by atoms with E-state index in [2.05, 4.69) is 25.9 Å². The number of para-hydroxylation sites is 1. The zero-order valence-corrected chi connectivity index (χ0v) is 20.7. The standard InChI is InChI=1S/C24H21BrN4O4S/c1-32-22-13-8-17(14-23(22)33-2)24-18(16-29(27-24)20-6-4-3-5-7-20)15-26-28-34(30,31)21-11-9-19(25)10-12-21/h3-16,28H,1-2H3/b26-15+. The average molecular weight is 541 g/mol. The summed E-state index contributed by atoms with van der Waals surface area (Å²) in [6.45, 7) is 0. The Morgan fingerprint density at radius 2 is 1.68 bits per heavy atom. The van der Waals surface area contributed by atoms with Crippen molar-refractivity contribution in [2.45, 2.75) is 4.90 Å². The number of hydrazone groups is 1. The third-order valence-corrected chi connectivity index (χ3v) is 6.69. The normalized spacial score (nSPS) is 11.5. The number of benzene rings is 3. The van der Waals surface area contributed by atoms with Crippen LogP contribution in [0.1, 0.15) is 5.56 Å². The van der Waals surface area contributed by atoms with E-state index in [4.69, 9.17) is 14.6 Å². The van der Waals surface area contributed by atoms with E-state index >= 15 is 0 Å². The molecular formula is C24H21BrN4O4S. The van der Waals surface area contributed by atoms with Crippen molar-refractivity contribution in [3.05, 3.63) is 89.0 Å². The lowest BCUT2D eigenvalue weighted by atomic mass is 10.1. The Labute approximate surface area is 206 Å². The monoisotopic (exact) mass is 540 g/mol. The molecule has 3 aromatic carbocycles. The highest BCUT2D eigenvalue weighted by atomic mass is 79.9. The molecule has 0 fully saturated rings. The summed E-state index contributed by atoms with van der Waals surface area (Å²) in [5.74, 6) is 1.14. The largest absolute Gasteiger partial charge is 0.493 e. The molecule has 10 heteroatoms. The van der Waals surface area contributed by atoms with Crippen molar-refractivity contribution < 1.29 is 17.9 Å². The molecular weight excluding hydrogens is 520 g/mol. The molecule has 0 aliphatic carbocycles. The van der Waals surface area contributed by atoms with Crippen LogP contribution >= 0.6 is 15.9 Å². The summed E-state index contributed by atoms with van der Waals surface area (Å²) in [6, 6.07) is 21.3. The van der Waals surface area contributed by atoms with Crippen LogP contribution in [0.25, 0.3) is 16.9 Å². The quantitative estimate of drug-likeness (QED) is 0.259. The number of sulfonamides is 1. The molecule has 0 aliphatic heterocycles. The Morgan fingerprint density at radius 3 is 2.35 bits per heavy atom. The van der Waals surface area contributed by atoms with Crippen LogP contribution < -0.4 is 14.3 Å². The second-order valence-corrected chi connectivity index (χ2v) is 9.67. The molecule has 0 aliphatic rings. The maximum atomic E-state index is 12.6. The first-order chi connectivity index (χ1) is 16.4. The third-order valence-electron chi connectivity index (χ3n) is 4.92. The maximum absolute atomic E-state index is 12.6. The van der Waals surface area contributed by atoms with Gasteiger partial charge in [-0.1, -0.05) is 34.1 Å². The van der Waals surface area contributed by atoms with Crippen LogP contribution in [0.2, 0.25) is 0 Å². The molecule has 0 saturated heterocycles. The highest BCUT2D eigenvalue weighted by molar-refractivity contribution is 9.10. The number of aromatic nitrogens is 2. The van der Waals surface area contributed by atoms with Crippen molar-refractivity contribution in [1.82, 2.24) is 14.6 Å². The summed E-state index contributed by atoms with van der Waals surface area (Å²) in [5, 5.41) is 8.71. The molecule has 0 radical (unpaired) electrons. The minimum absolute atomic E-state index is 0.105. The van der Waals surface area contributed by atoms with Crippen LogP contribution in [0, 0.1) is 0 Å². The first-order valence-corrected chi connectivity index (χ1v) is 12.4. The van der Waals surface area contributed by atoms with Crippen LogP contribution in [-0.2, 0) is 10.0 Å². The van der Waals surface area contributed by atoms with Crippen LogP contribution in [0.3, 0.4) is 0 Å². The van der Waals surface area contributed by atoms with Gasteiger partial charge in [0.2, 0.25) is 0 Å². The lowest BCUT2D eigenvalue weighted by molar-refractivity contribution is 0.355. The molecule has 1 N–H and O–H groups in total. The SMILES string of the molecule is COc1ccc(-c2nn(-c3ccccc3)cc2/C=N/NS(=O)(=O)c2ccc(Br)cc2)cc1OC. The third kappa shape index (κ3) is 5.13. The zero-order valence-electron chi connectivity index (χ0n) is 18.3. The van der Waals surface area contributed by atoms with Crippen molar-refractivity contribution in [1.29, 1.82) is 0 Å². The van der Waals surface area contributed by atoms with Crippen LogP contribution in [0.15, 0.2) is 93.5 Å². The van der Waals surface area contributed by atoms with E-state index in [0.29, 0.717) is 22.8 Å². The summed E-state index contributed by atoms with van der Waals surface area (Å²) in [4.78, 5) is 2.36. The van der Waals surface area contributed by atoms with Gasteiger partial charge in [0.05, 0.1) is 31.0 Å². The fourth-order valence-electron chi connectivity index (χ4n) is 3.23. The summed E-state index contributed by atoms with van der Waals surface area (Å²) < 4.78 is 38.4. The molecule has 8 nitrogen and oxygen atoms in total. The minimum Gasteiger partial charge on any atom is -0.493 e. The van der Waals surface area contributed by atoms with Gasteiger partial charge in [-0.25, -0.2) is 9.51 Å². The fraction of sp³-hybridized carbons (Fsp3) is 0.0833. The second kappa shape index (κ2) is 10.1. The molecule has 1 aromatic heterocycles. The lowest BCUT2D eigenvalue weighted by Crippen LogP contribution is -2.18. The van der Waals surface area contributed by atoms with E-state index in [9.17, 15) is 8.42 Å². The second-order valence-electron chi connectivity index (χ2n) is 7.09. The van der Waals surface area contributed by atoms with Gasteiger partial charge < -0.3 is 9.47 Å². The topological polar surface area (TPSA) is 94.8 Å². The molecule has 0 amide bonds. The molecule has 0 bridgehead atoms. The van der Waals surface area contributed by atoms with E-state index in [-0.39, 0.29) is 4.90 Å².